The molecule has 27 heavy (non-hydrogen) atoms. The van der Waals surface area contributed by atoms with Gasteiger partial charge in [-0.2, -0.15) is 0 Å². The molecule has 3 aromatic heterocycles. The van der Waals surface area contributed by atoms with Gasteiger partial charge < -0.3 is 14.2 Å². The van der Waals surface area contributed by atoms with Crippen LogP contribution in [0.5, 0.6) is 0 Å². The van der Waals surface area contributed by atoms with Crippen LogP contribution < -0.4 is 0 Å². The Morgan fingerprint density at radius 3 is 2.81 bits per heavy atom. The number of likely N-dealkylation sites (N-methyl/N-ethyl adjacent to an activating group) is 1. The number of pyridine rings is 1. The van der Waals surface area contributed by atoms with Crippen molar-refractivity contribution in [3.8, 4) is 11.4 Å². The number of carbonyl (C=O) groups is 1. The van der Waals surface area contributed by atoms with Crippen LogP contribution in [-0.2, 0) is 0 Å². The van der Waals surface area contributed by atoms with Gasteiger partial charge in [0, 0.05) is 36.6 Å². The highest BCUT2D eigenvalue weighted by Gasteiger charge is 2.30. The molecule has 4 heterocycles. The van der Waals surface area contributed by atoms with Crippen molar-refractivity contribution in [2.75, 3.05) is 27.2 Å². The van der Waals surface area contributed by atoms with Crippen molar-refractivity contribution in [2.45, 2.75) is 32.2 Å². The molecule has 0 radical (unpaired) electrons. The molecule has 142 valence electrons. The van der Waals surface area contributed by atoms with Gasteiger partial charge in [-0.1, -0.05) is 19.9 Å². The Bertz CT molecular complexity index is 972. The number of fused-ring (bicyclic) bond motifs is 1. The van der Waals surface area contributed by atoms with Crippen LogP contribution in [-0.4, -0.2) is 58.3 Å². The summed E-state index contributed by atoms with van der Waals surface area (Å²) < 4.78 is 2.09. The predicted octanol–water partition coefficient (Wildman–Crippen LogP) is 3.96. The highest BCUT2D eigenvalue weighted by atomic mass is 32.1. The first-order chi connectivity index (χ1) is 13.0. The lowest BCUT2D eigenvalue weighted by Crippen LogP contribution is -2.34. The number of thiazole rings is 1. The van der Waals surface area contributed by atoms with Crippen molar-refractivity contribution < 1.29 is 4.79 Å². The van der Waals surface area contributed by atoms with E-state index < -0.39 is 0 Å². The summed E-state index contributed by atoms with van der Waals surface area (Å²) in [5.74, 6) is 0.525. The van der Waals surface area contributed by atoms with E-state index in [1.165, 1.54) is 0 Å². The number of nitrogens with zero attached hydrogens (tertiary/aromatic N) is 4. The summed E-state index contributed by atoms with van der Waals surface area (Å²) in [5, 5.41) is 3.22. The van der Waals surface area contributed by atoms with E-state index in [9.17, 15) is 4.79 Å². The van der Waals surface area contributed by atoms with E-state index in [1.807, 2.05) is 35.4 Å². The Morgan fingerprint density at radius 2 is 2.15 bits per heavy atom. The third kappa shape index (κ3) is 3.28. The molecule has 1 saturated heterocycles. The molecule has 3 aromatic rings. The molecule has 6 heteroatoms. The van der Waals surface area contributed by atoms with Gasteiger partial charge in [0.1, 0.15) is 0 Å². The number of amides is 1. The molecular weight excluding hydrogens is 356 g/mol. The molecule has 0 saturated carbocycles. The first kappa shape index (κ1) is 18.2. The first-order valence-corrected chi connectivity index (χ1v) is 10.3. The molecule has 0 aromatic carbocycles. The maximum absolute atomic E-state index is 13.3. The molecule has 5 nitrogen and oxygen atoms in total. The molecular formula is C21H26N4OS. The normalized spacial score (nSPS) is 17.6. The molecule has 0 aliphatic carbocycles. The average molecular weight is 383 g/mol. The summed E-state index contributed by atoms with van der Waals surface area (Å²) in [7, 11) is 4.16. The molecule has 1 aliphatic heterocycles. The summed E-state index contributed by atoms with van der Waals surface area (Å²) in [6.45, 7) is 5.92. The van der Waals surface area contributed by atoms with E-state index in [0.717, 1.165) is 47.0 Å². The number of aromatic nitrogens is 2. The van der Waals surface area contributed by atoms with Gasteiger partial charge in [-0.25, -0.2) is 4.98 Å². The molecule has 0 bridgehead atoms. The fraction of sp³-hybridized carbons (Fsp3) is 0.429. The van der Waals surface area contributed by atoms with Gasteiger partial charge in [-0.05, 0) is 38.7 Å². The van der Waals surface area contributed by atoms with Crippen LogP contribution >= 0.6 is 11.3 Å². The largest absolute Gasteiger partial charge is 0.337 e. The zero-order chi connectivity index (χ0) is 19.1. The lowest BCUT2D eigenvalue weighted by atomic mass is 10.2. The van der Waals surface area contributed by atoms with Crippen LogP contribution in [0.1, 0.15) is 41.6 Å². The van der Waals surface area contributed by atoms with E-state index in [-0.39, 0.29) is 5.91 Å². The summed E-state index contributed by atoms with van der Waals surface area (Å²) in [6, 6.07) is 8.46. The van der Waals surface area contributed by atoms with E-state index in [2.05, 4.69) is 42.6 Å². The van der Waals surface area contributed by atoms with E-state index in [0.29, 0.717) is 12.0 Å². The molecule has 0 unspecified atom stereocenters. The Labute approximate surface area is 164 Å². The van der Waals surface area contributed by atoms with E-state index in [4.69, 9.17) is 4.98 Å². The highest BCUT2D eigenvalue weighted by Crippen LogP contribution is 2.31. The maximum Gasteiger partial charge on any atom is 0.256 e. The van der Waals surface area contributed by atoms with Crippen molar-refractivity contribution >= 4 is 22.8 Å². The SMILES string of the molecule is CC(C)c1nc(-c2cc(C(=O)N3CC[C@H](N(C)C)C3)c3ccccn23)cs1. The zero-order valence-corrected chi connectivity index (χ0v) is 17.2. The van der Waals surface area contributed by atoms with Crippen molar-refractivity contribution in [3.63, 3.8) is 0 Å². The highest BCUT2D eigenvalue weighted by molar-refractivity contribution is 7.10. The van der Waals surface area contributed by atoms with Crippen LogP contribution in [0.3, 0.4) is 0 Å². The molecule has 1 aliphatic rings. The number of hydrogen-bond donors (Lipinski definition) is 0. The number of hydrogen-bond acceptors (Lipinski definition) is 4. The van der Waals surface area contributed by atoms with Crippen molar-refractivity contribution in [3.05, 3.63) is 46.4 Å². The molecule has 1 amide bonds. The fourth-order valence-electron chi connectivity index (χ4n) is 3.71. The lowest BCUT2D eigenvalue weighted by Gasteiger charge is -2.20. The van der Waals surface area contributed by atoms with Gasteiger partial charge in [-0.15, -0.1) is 11.3 Å². The smallest absolute Gasteiger partial charge is 0.256 e. The topological polar surface area (TPSA) is 40.9 Å². The second-order valence-electron chi connectivity index (χ2n) is 7.78. The Morgan fingerprint density at radius 1 is 1.33 bits per heavy atom. The minimum atomic E-state index is 0.119. The minimum absolute atomic E-state index is 0.119. The number of carbonyl (C=O) groups excluding carboxylic acids is 1. The molecule has 1 atom stereocenters. The van der Waals surface area contributed by atoms with E-state index in [1.54, 1.807) is 11.3 Å². The molecule has 0 spiro atoms. The summed E-state index contributed by atoms with van der Waals surface area (Å²) in [4.78, 5) is 22.3. The van der Waals surface area contributed by atoms with Crippen LogP contribution in [0, 0.1) is 0 Å². The zero-order valence-electron chi connectivity index (χ0n) is 16.3. The minimum Gasteiger partial charge on any atom is -0.337 e. The van der Waals surface area contributed by atoms with Gasteiger partial charge >= 0.3 is 0 Å². The van der Waals surface area contributed by atoms with Gasteiger partial charge in [0.25, 0.3) is 5.91 Å². The van der Waals surface area contributed by atoms with Crippen LogP contribution in [0.2, 0.25) is 0 Å². The van der Waals surface area contributed by atoms with Gasteiger partial charge in [0.05, 0.1) is 27.5 Å². The predicted molar refractivity (Wildman–Crippen MR) is 111 cm³/mol. The van der Waals surface area contributed by atoms with Crippen molar-refractivity contribution in [1.29, 1.82) is 0 Å². The van der Waals surface area contributed by atoms with Crippen molar-refractivity contribution in [2.24, 2.45) is 0 Å². The third-order valence-electron chi connectivity index (χ3n) is 5.37. The molecule has 0 N–H and O–H groups in total. The summed E-state index contributed by atoms with van der Waals surface area (Å²) in [6.07, 6.45) is 3.05. The fourth-order valence-corrected chi connectivity index (χ4v) is 4.54. The lowest BCUT2D eigenvalue weighted by molar-refractivity contribution is 0.0785. The second kappa shape index (κ2) is 7.09. The monoisotopic (exact) mass is 382 g/mol. The van der Waals surface area contributed by atoms with Crippen LogP contribution in [0.15, 0.2) is 35.8 Å². The van der Waals surface area contributed by atoms with E-state index >= 15 is 0 Å². The summed E-state index contributed by atoms with van der Waals surface area (Å²) >= 11 is 1.68. The average Bonchev–Trinajstić information content (AvgIpc) is 3.38. The van der Waals surface area contributed by atoms with Gasteiger partial charge in [0.15, 0.2) is 0 Å². The number of likely N-dealkylation sites (tertiary alicyclic amines) is 1. The first-order valence-electron chi connectivity index (χ1n) is 9.47. The third-order valence-corrected chi connectivity index (χ3v) is 6.51. The van der Waals surface area contributed by atoms with Gasteiger partial charge in [0.2, 0.25) is 0 Å². The molecule has 4 rings (SSSR count). The van der Waals surface area contributed by atoms with Crippen LogP contribution in [0.25, 0.3) is 16.9 Å². The van der Waals surface area contributed by atoms with Gasteiger partial charge in [-0.3, -0.25) is 4.79 Å². The Balaban J connectivity index is 1.73. The number of rotatable bonds is 4. The summed E-state index contributed by atoms with van der Waals surface area (Å²) in [5.41, 5.74) is 3.64. The quantitative estimate of drug-likeness (QED) is 0.686. The molecule has 1 fully saturated rings. The maximum atomic E-state index is 13.3. The van der Waals surface area contributed by atoms with Crippen LogP contribution in [0.4, 0.5) is 0 Å². The Kier molecular flexibility index (Phi) is 4.78. The Hall–Kier alpha value is -2.18. The van der Waals surface area contributed by atoms with Crippen molar-refractivity contribution in [1.82, 2.24) is 19.2 Å². The second-order valence-corrected chi connectivity index (χ2v) is 8.67. The standard InChI is InChI=1S/C21H26N4OS/c1-14(2)20-22-17(13-27-20)19-11-16(18-7-5-6-9-25(18)19)21(26)24-10-8-15(12-24)23(3)4/h5-7,9,11,13-15H,8,10,12H2,1-4H3/t15-/m0/s1.